The Morgan fingerprint density at radius 2 is 1.24 bits per heavy atom. The molecule has 0 spiro atoms. The van der Waals surface area contributed by atoms with Gasteiger partial charge in [0.2, 0.25) is 17.7 Å². The number of methoxy groups -OCH3 is 1. The van der Waals surface area contributed by atoms with E-state index in [0.29, 0.717) is 44.5 Å². The quantitative estimate of drug-likeness (QED) is 0.334. The van der Waals surface area contributed by atoms with E-state index in [4.69, 9.17) is 14.2 Å². The van der Waals surface area contributed by atoms with Crippen molar-refractivity contribution < 1.29 is 38.2 Å². The van der Waals surface area contributed by atoms with Crippen LogP contribution in [0.25, 0.3) is 0 Å². The van der Waals surface area contributed by atoms with Gasteiger partial charge in [0, 0.05) is 25.9 Å². The average molecular weight is 693 g/mol. The molecule has 4 amide bonds. The molecule has 272 valence electrons. The summed E-state index contributed by atoms with van der Waals surface area (Å²) in [5.41, 5.74) is 0.439. The summed E-state index contributed by atoms with van der Waals surface area (Å²) in [6.45, 7) is 11.7. The highest BCUT2D eigenvalue weighted by molar-refractivity contribution is 5.95. The number of nitrogens with one attached hydrogen (secondary N) is 2. The highest BCUT2D eigenvalue weighted by Crippen LogP contribution is 2.24. The van der Waals surface area contributed by atoms with E-state index in [9.17, 15) is 24.0 Å². The summed E-state index contributed by atoms with van der Waals surface area (Å²) in [5.74, 6) is -1.10. The van der Waals surface area contributed by atoms with Gasteiger partial charge in [0.25, 0.3) is 0 Å². The number of carbonyl (C=O) groups is 5. The lowest BCUT2D eigenvalue weighted by molar-refractivity contribution is -0.152. The van der Waals surface area contributed by atoms with Gasteiger partial charge in [-0.15, -0.1) is 0 Å². The van der Waals surface area contributed by atoms with Crippen LogP contribution in [0.15, 0.2) is 54.6 Å². The summed E-state index contributed by atoms with van der Waals surface area (Å²) >= 11 is 0. The Bertz CT molecular complexity index is 1500. The maximum absolute atomic E-state index is 14.2. The van der Waals surface area contributed by atoms with Gasteiger partial charge >= 0.3 is 12.1 Å². The lowest BCUT2D eigenvalue weighted by Crippen LogP contribution is -2.58. The van der Waals surface area contributed by atoms with Crippen molar-refractivity contribution in [3.63, 3.8) is 0 Å². The highest BCUT2D eigenvalue weighted by atomic mass is 16.6. The SMILES string of the molecule is COC(=O)C1CCCN1C(=O)C(Cc1ccccc1)NC(=O)C1CCCN1C(=O)C(Cc1ccc(OC(C)(C)C)cc1)NC(=O)OC(C)(C)C. The molecular formula is C38H52N4O8. The summed E-state index contributed by atoms with van der Waals surface area (Å²) in [4.78, 5) is 70.6. The van der Waals surface area contributed by atoms with Crippen molar-refractivity contribution >= 4 is 29.8 Å². The van der Waals surface area contributed by atoms with Crippen LogP contribution in [0.1, 0.15) is 78.4 Å². The van der Waals surface area contributed by atoms with Crippen LogP contribution < -0.4 is 15.4 Å². The second kappa shape index (κ2) is 16.4. The zero-order chi connectivity index (χ0) is 36.6. The molecule has 0 aromatic heterocycles. The van der Waals surface area contributed by atoms with E-state index in [-0.39, 0.29) is 24.3 Å². The zero-order valence-corrected chi connectivity index (χ0v) is 30.3. The van der Waals surface area contributed by atoms with Crippen molar-refractivity contribution in [2.24, 2.45) is 0 Å². The number of amides is 4. The molecule has 0 radical (unpaired) electrons. The fraction of sp³-hybridized carbons (Fsp3) is 0.553. The first-order valence-corrected chi connectivity index (χ1v) is 17.3. The molecule has 4 unspecified atom stereocenters. The van der Waals surface area contributed by atoms with E-state index in [1.165, 1.54) is 16.9 Å². The van der Waals surface area contributed by atoms with Crippen molar-refractivity contribution in [1.29, 1.82) is 0 Å². The Labute approximate surface area is 295 Å². The lowest BCUT2D eigenvalue weighted by Gasteiger charge is -2.32. The number of likely N-dealkylation sites (tertiary alicyclic amines) is 2. The van der Waals surface area contributed by atoms with Gasteiger partial charge in [-0.25, -0.2) is 9.59 Å². The molecule has 2 aromatic rings. The van der Waals surface area contributed by atoms with Crippen molar-refractivity contribution in [3.8, 4) is 5.75 Å². The molecule has 2 N–H and O–H groups in total. The van der Waals surface area contributed by atoms with Crippen LogP contribution in [-0.2, 0) is 41.5 Å². The summed E-state index contributed by atoms with van der Waals surface area (Å²) in [5, 5.41) is 5.67. The van der Waals surface area contributed by atoms with E-state index < -0.39 is 53.6 Å². The predicted octanol–water partition coefficient (Wildman–Crippen LogP) is 4.18. The number of rotatable bonds is 11. The van der Waals surface area contributed by atoms with Gasteiger partial charge in [0.1, 0.15) is 41.1 Å². The van der Waals surface area contributed by atoms with Gasteiger partial charge < -0.3 is 34.6 Å². The van der Waals surface area contributed by atoms with Crippen LogP contribution in [0.2, 0.25) is 0 Å². The fourth-order valence-corrected chi connectivity index (χ4v) is 6.37. The Kier molecular flexibility index (Phi) is 12.5. The third kappa shape index (κ3) is 10.7. The van der Waals surface area contributed by atoms with Gasteiger partial charge in [-0.05, 0) is 90.5 Å². The lowest BCUT2D eigenvalue weighted by atomic mass is 10.0. The number of carbonyl (C=O) groups excluding carboxylic acids is 5. The average Bonchev–Trinajstić information content (AvgIpc) is 3.74. The number of hydrogen-bond acceptors (Lipinski definition) is 8. The summed E-state index contributed by atoms with van der Waals surface area (Å²) in [6, 6.07) is 13.0. The van der Waals surface area contributed by atoms with E-state index in [1.54, 1.807) is 20.8 Å². The monoisotopic (exact) mass is 692 g/mol. The molecule has 4 rings (SSSR count). The van der Waals surface area contributed by atoms with E-state index in [1.807, 2.05) is 75.4 Å². The number of hydrogen-bond donors (Lipinski definition) is 2. The molecule has 0 saturated carbocycles. The molecule has 2 saturated heterocycles. The molecule has 2 heterocycles. The normalized spacial score (nSPS) is 18.9. The largest absolute Gasteiger partial charge is 0.488 e. The molecule has 2 aromatic carbocycles. The van der Waals surface area contributed by atoms with E-state index in [0.717, 1.165) is 11.1 Å². The minimum atomic E-state index is -1.03. The first-order valence-electron chi connectivity index (χ1n) is 17.3. The minimum Gasteiger partial charge on any atom is -0.488 e. The Balaban J connectivity index is 1.55. The smallest absolute Gasteiger partial charge is 0.408 e. The molecule has 2 fully saturated rings. The molecule has 2 aliphatic rings. The molecule has 4 atom stereocenters. The Hall–Kier alpha value is -4.61. The maximum atomic E-state index is 14.2. The second-order valence-corrected chi connectivity index (χ2v) is 14.9. The van der Waals surface area contributed by atoms with Crippen molar-refractivity contribution in [2.45, 2.75) is 115 Å². The van der Waals surface area contributed by atoms with Crippen LogP contribution in [0, 0.1) is 0 Å². The highest BCUT2D eigenvalue weighted by Gasteiger charge is 2.42. The third-order valence-electron chi connectivity index (χ3n) is 8.52. The first kappa shape index (κ1) is 38.2. The molecule has 2 aliphatic heterocycles. The minimum absolute atomic E-state index is 0.151. The number of alkyl carbamates (subject to hydrolysis) is 1. The standard InChI is InChI=1S/C38H52N4O8/c1-37(2,3)49-27-19-17-26(18-20-27)24-29(40-36(47)50-38(4,5)6)34(45)41-21-11-15-30(41)32(43)39-28(23-25-13-9-8-10-14-25)33(44)42-22-12-16-31(42)35(46)48-7/h8-10,13-14,17-20,28-31H,11-12,15-16,21-24H2,1-7H3,(H,39,43)(H,40,47). The van der Waals surface area contributed by atoms with Crippen LogP contribution in [-0.4, -0.2) is 95.2 Å². The number of esters is 1. The van der Waals surface area contributed by atoms with Gasteiger partial charge in [0.05, 0.1) is 7.11 Å². The van der Waals surface area contributed by atoms with E-state index in [2.05, 4.69) is 10.6 Å². The molecule has 0 aliphatic carbocycles. The first-order chi connectivity index (χ1) is 23.5. The number of ether oxygens (including phenoxy) is 3. The van der Waals surface area contributed by atoms with E-state index >= 15 is 0 Å². The molecule has 50 heavy (non-hydrogen) atoms. The van der Waals surface area contributed by atoms with Crippen molar-refractivity contribution in [2.75, 3.05) is 20.2 Å². The molecular weight excluding hydrogens is 640 g/mol. The molecule has 0 bridgehead atoms. The Morgan fingerprint density at radius 1 is 0.720 bits per heavy atom. The Morgan fingerprint density at radius 3 is 1.78 bits per heavy atom. The van der Waals surface area contributed by atoms with Gasteiger partial charge in [-0.2, -0.15) is 0 Å². The van der Waals surface area contributed by atoms with Crippen LogP contribution in [0.3, 0.4) is 0 Å². The third-order valence-corrected chi connectivity index (χ3v) is 8.52. The molecule has 12 nitrogen and oxygen atoms in total. The topological polar surface area (TPSA) is 144 Å². The van der Waals surface area contributed by atoms with Crippen LogP contribution in [0.4, 0.5) is 4.79 Å². The van der Waals surface area contributed by atoms with Gasteiger partial charge in [-0.3, -0.25) is 14.4 Å². The summed E-state index contributed by atoms with van der Waals surface area (Å²) in [6.07, 6.45) is 1.68. The van der Waals surface area contributed by atoms with Gasteiger partial charge in [-0.1, -0.05) is 42.5 Å². The number of benzene rings is 2. The summed E-state index contributed by atoms with van der Waals surface area (Å²) < 4.78 is 16.4. The van der Waals surface area contributed by atoms with Crippen molar-refractivity contribution in [1.82, 2.24) is 20.4 Å². The van der Waals surface area contributed by atoms with Crippen LogP contribution >= 0.6 is 0 Å². The fourth-order valence-electron chi connectivity index (χ4n) is 6.37. The number of nitrogens with zero attached hydrogens (tertiary/aromatic N) is 2. The van der Waals surface area contributed by atoms with Crippen molar-refractivity contribution in [3.05, 3.63) is 65.7 Å². The van der Waals surface area contributed by atoms with Crippen LogP contribution in [0.5, 0.6) is 5.75 Å². The maximum Gasteiger partial charge on any atom is 0.408 e. The molecule has 12 heteroatoms. The zero-order valence-electron chi connectivity index (χ0n) is 30.3. The predicted molar refractivity (Wildman–Crippen MR) is 187 cm³/mol. The summed E-state index contributed by atoms with van der Waals surface area (Å²) in [7, 11) is 1.29. The van der Waals surface area contributed by atoms with Gasteiger partial charge in [0.15, 0.2) is 0 Å². The second-order valence-electron chi connectivity index (χ2n) is 14.9.